The van der Waals surface area contributed by atoms with Crippen LogP contribution in [0.15, 0.2) is 36.9 Å². The molecule has 3 heterocycles. The van der Waals surface area contributed by atoms with Crippen LogP contribution >= 0.6 is 23.2 Å². The number of carbonyl (C=O) groups is 1. The number of ether oxygens (including phenoxy) is 1. The standard InChI is InChI=1S/C21H22Cl2N4O3/c22-16-5-4-15-17(26-9-7-24-13-26)11-18(25-21(15)20(16)23)27-8-2-1-3-14(27)12-30-10-6-19(28)29/h4-5,7,9,11,13-14H,1-3,6,8,10,12H2,(H,28,29). The summed E-state index contributed by atoms with van der Waals surface area (Å²) in [5.41, 5.74) is 1.56. The number of piperidine rings is 1. The molecule has 30 heavy (non-hydrogen) atoms. The molecule has 0 bridgehead atoms. The van der Waals surface area contributed by atoms with Crippen LogP contribution in [0.1, 0.15) is 25.7 Å². The molecule has 7 nitrogen and oxygen atoms in total. The maximum Gasteiger partial charge on any atom is 0.305 e. The number of aromatic nitrogens is 3. The fourth-order valence-corrected chi connectivity index (χ4v) is 4.18. The van der Waals surface area contributed by atoms with Crippen LogP contribution in [0, 0.1) is 0 Å². The van der Waals surface area contributed by atoms with Crippen LogP contribution in [0.5, 0.6) is 0 Å². The van der Waals surface area contributed by atoms with Gasteiger partial charge in [0.05, 0.1) is 53.3 Å². The maximum absolute atomic E-state index is 10.7. The third kappa shape index (κ3) is 4.38. The highest BCUT2D eigenvalue weighted by Gasteiger charge is 2.25. The molecule has 1 unspecified atom stereocenters. The summed E-state index contributed by atoms with van der Waals surface area (Å²) in [6.07, 6.45) is 8.44. The summed E-state index contributed by atoms with van der Waals surface area (Å²) in [5, 5.41) is 10.6. The van der Waals surface area contributed by atoms with E-state index in [1.807, 2.05) is 22.9 Å². The summed E-state index contributed by atoms with van der Waals surface area (Å²) < 4.78 is 7.59. The van der Waals surface area contributed by atoms with Crippen LogP contribution in [0.2, 0.25) is 10.0 Å². The number of anilines is 1. The van der Waals surface area contributed by atoms with E-state index in [4.69, 9.17) is 38.0 Å². The van der Waals surface area contributed by atoms with Gasteiger partial charge in [-0.05, 0) is 31.4 Å². The molecule has 1 atom stereocenters. The predicted octanol–water partition coefficient (Wildman–Crippen LogP) is 4.58. The van der Waals surface area contributed by atoms with Gasteiger partial charge >= 0.3 is 5.97 Å². The second-order valence-corrected chi connectivity index (χ2v) is 8.07. The summed E-state index contributed by atoms with van der Waals surface area (Å²) in [7, 11) is 0. The highest BCUT2D eigenvalue weighted by Crippen LogP contribution is 2.36. The van der Waals surface area contributed by atoms with Crippen molar-refractivity contribution in [2.24, 2.45) is 0 Å². The Bertz CT molecular complexity index is 1040. The lowest BCUT2D eigenvalue weighted by atomic mass is 10.0. The normalized spacial score (nSPS) is 16.9. The van der Waals surface area contributed by atoms with Crippen molar-refractivity contribution in [1.29, 1.82) is 0 Å². The highest BCUT2D eigenvalue weighted by atomic mass is 35.5. The number of imidazole rings is 1. The summed E-state index contributed by atoms with van der Waals surface area (Å²) in [6.45, 7) is 1.50. The molecule has 1 aliphatic rings. The largest absolute Gasteiger partial charge is 0.481 e. The third-order valence-electron chi connectivity index (χ3n) is 5.31. The Labute approximate surface area is 184 Å². The van der Waals surface area contributed by atoms with E-state index in [1.54, 1.807) is 18.6 Å². The number of hydrogen-bond donors (Lipinski definition) is 1. The van der Waals surface area contributed by atoms with Gasteiger partial charge in [-0.3, -0.25) is 4.79 Å². The summed E-state index contributed by atoms with van der Waals surface area (Å²) >= 11 is 12.8. The van der Waals surface area contributed by atoms with Crippen LogP contribution in [-0.4, -0.2) is 51.4 Å². The van der Waals surface area contributed by atoms with Gasteiger partial charge in [-0.25, -0.2) is 9.97 Å². The molecule has 9 heteroatoms. The van der Waals surface area contributed by atoms with Gasteiger partial charge < -0.3 is 19.3 Å². The zero-order valence-corrected chi connectivity index (χ0v) is 17.8. The van der Waals surface area contributed by atoms with E-state index >= 15 is 0 Å². The lowest BCUT2D eigenvalue weighted by molar-refractivity contribution is -0.138. The minimum Gasteiger partial charge on any atom is -0.481 e. The number of rotatable bonds is 7. The number of halogens is 2. The first-order valence-corrected chi connectivity index (χ1v) is 10.6. The third-order valence-corrected chi connectivity index (χ3v) is 6.11. The quantitative estimate of drug-likeness (QED) is 0.532. The van der Waals surface area contributed by atoms with Crippen LogP contribution < -0.4 is 4.90 Å². The van der Waals surface area contributed by atoms with Crippen molar-refractivity contribution in [2.45, 2.75) is 31.7 Å². The Kier molecular flexibility index (Phi) is 6.41. The Morgan fingerprint density at radius 1 is 1.30 bits per heavy atom. The zero-order chi connectivity index (χ0) is 21.1. The molecule has 1 saturated heterocycles. The van der Waals surface area contributed by atoms with Gasteiger partial charge in [-0.1, -0.05) is 23.2 Å². The molecule has 0 amide bonds. The fraction of sp³-hybridized carbons (Fsp3) is 0.381. The van der Waals surface area contributed by atoms with Crippen molar-refractivity contribution >= 4 is 45.9 Å². The lowest BCUT2D eigenvalue weighted by Crippen LogP contribution is -2.43. The minimum absolute atomic E-state index is 0.000170. The fourth-order valence-electron chi connectivity index (χ4n) is 3.82. The van der Waals surface area contributed by atoms with Crippen LogP contribution in [0.25, 0.3) is 16.6 Å². The van der Waals surface area contributed by atoms with Gasteiger partial charge in [0.15, 0.2) is 0 Å². The second-order valence-electron chi connectivity index (χ2n) is 7.29. The zero-order valence-electron chi connectivity index (χ0n) is 16.3. The van der Waals surface area contributed by atoms with Crippen molar-refractivity contribution in [2.75, 3.05) is 24.7 Å². The molecule has 1 aromatic carbocycles. The van der Waals surface area contributed by atoms with Crippen molar-refractivity contribution in [1.82, 2.24) is 14.5 Å². The van der Waals surface area contributed by atoms with Gasteiger partial charge in [0, 0.05) is 30.4 Å². The van der Waals surface area contributed by atoms with E-state index in [1.165, 1.54) is 0 Å². The van der Waals surface area contributed by atoms with E-state index in [2.05, 4.69) is 9.88 Å². The van der Waals surface area contributed by atoms with Gasteiger partial charge in [-0.15, -0.1) is 0 Å². The van der Waals surface area contributed by atoms with Gasteiger partial charge in [0.25, 0.3) is 0 Å². The molecule has 158 valence electrons. The Morgan fingerprint density at radius 3 is 2.93 bits per heavy atom. The average Bonchev–Trinajstić information content (AvgIpc) is 3.28. The highest BCUT2D eigenvalue weighted by molar-refractivity contribution is 6.45. The molecule has 2 aromatic heterocycles. The lowest BCUT2D eigenvalue weighted by Gasteiger charge is -2.37. The Hall–Kier alpha value is -2.35. The van der Waals surface area contributed by atoms with Gasteiger partial charge in [0.2, 0.25) is 0 Å². The topological polar surface area (TPSA) is 80.5 Å². The average molecular weight is 449 g/mol. The van der Waals surface area contributed by atoms with Gasteiger partial charge in [0.1, 0.15) is 5.82 Å². The first-order valence-electron chi connectivity index (χ1n) is 9.88. The van der Waals surface area contributed by atoms with E-state index in [0.29, 0.717) is 22.2 Å². The Morgan fingerprint density at radius 2 is 2.17 bits per heavy atom. The smallest absolute Gasteiger partial charge is 0.305 e. The minimum atomic E-state index is -0.858. The summed E-state index contributed by atoms with van der Waals surface area (Å²) in [4.78, 5) is 22.0. The summed E-state index contributed by atoms with van der Waals surface area (Å²) in [5.74, 6) is -0.0647. The molecule has 1 N–H and O–H groups in total. The number of benzene rings is 1. The van der Waals surface area contributed by atoms with Gasteiger partial charge in [-0.2, -0.15) is 0 Å². The van der Waals surface area contributed by atoms with Crippen molar-refractivity contribution in [3.8, 4) is 5.69 Å². The molecule has 4 rings (SSSR count). The monoisotopic (exact) mass is 448 g/mol. The number of carboxylic acids is 1. The molecule has 1 fully saturated rings. The van der Waals surface area contributed by atoms with E-state index < -0.39 is 5.97 Å². The van der Waals surface area contributed by atoms with E-state index in [0.717, 1.165) is 42.7 Å². The molecule has 0 saturated carbocycles. The molecule has 3 aromatic rings. The number of pyridine rings is 1. The SMILES string of the molecule is O=C(O)CCOCC1CCCCN1c1cc(-n2ccnc2)c2ccc(Cl)c(Cl)c2n1. The van der Waals surface area contributed by atoms with Crippen molar-refractivity contribution in [3.63, 3.8) is 0 Å². The number of hydrogen-bond acceptors (Lipinski definition) is 5. The molecular weight excluding hydrogens is 427 g/mol. The number of nitrogens with zero attached hydrogens (tertiary/aromatic N) is 4. The van der Waals surface area contributed by atoms with Crippen LogP contribution in [0.3, 0.4) is 0 Å². The molecule has 0 aliphatic carbocycles. The molecule has 0 radical (unpaired) electrons. The number of fused-ring (bicyclic) bond motifs is 1. The number of aliphatic carboxylic acids is 1. The summed E-state index contributed by atoms with van der Waals surface area (Å²) in [6, 6.07) is 5.84. The molecule has 1 aliphatic heterocycles. The van der Waals surface area contributed by atoms with Crippen molar-refractivity contribution in [3.05, 3.63) is 47.0 Å². The molecule has 0 spiro atoms. The Balaban J connectivity index is 1.71. The van der Waals surface area contributed by atoms with Crippen molar-refractivity contribution < 1.29 is 14.6 Å². The maximum atomic E-state index is 10.7. The first kappa shape index (κ1) is 20.9. The number of carboxylic acid groups (broad SMARTS) is 1. The van der Waals surface area contributed by atoms with E-state index in [9.17, 15) is 4.79 Å². The first-order chi connectivity index (χ1) is 14.5. The second kappa shape index (κ2) is 9.20. The van der Waals surface area contributed by atoms with Crippen LogP contribution in [-0.2, 0) is 9.53 Å². The predicted molar refractivity (Wildman–Crippen MR) is 117 cm³/mol. The van der Waals surface area contributed by atoms with E-state index in [-0.39, 0.29) is 19.1 Å². The van der Waals surface area contributed by atoms with Crippen LogP contribution in [0.4, 0.5) is 5.82 Å². The molecular formula is C21H22Cl2N4O3.